The number of hydrogen-bond acceptors (Lipinski definition) is 5. The fourth-order valence-electron chi connectivity index (χ4n) is 1.41. The van der Waals surface area contributed by atoms with Gasteiger partial charge in [-0.25, -0.2) is 0 Å². The summed E-state index contributed by atoms with van der Waals surface area (Å²) in [6, 6.07) is 3.84. The van der Waals surface area contributed by atoms with Gasteiger partial charge >= 0.3 is 0 Å². The number of H-pyrrole nitrogens is 1. The molecule has 0 unspecified atom stereocenters. The standard InChI is InChI=1S/C8H6N6/c1-2-6-8(12-14-10-6)7-5(1)3-4-9-13-11-7/h1-4H,(H,9,11)(H,10,12,14). The van der Waals surface area contributed by atoms with Gasteiger partial charge in [-0.1, -0.05) is 11.3 Å². The number of aromatic nitrogens is 3. The lowest BCUT2D eigenvalue weighted by Crippen LogP contribution is -1.90. The van der Waals surface area contributed by atoms with Gasteiger partial charge in [-0.2, -0.15) is 15.4 Å². The van der Waals surface area contributed by atoms with Gasteiger partial charge in [0.05, 0.1) is 11.9 Å². The average Bonchev–Trinajstić information content (AvgIpc) is 2.55. The topological polar surface area (TPSA) is 78.3 Å². The predicted octanol–water partition coefficient (Wildman–Crippen LogP) is 1.72. The summed E-state index contributed by atoms with van der Waals surface area (Å²) in [4.78, 5) is 0. The minimum absolute atomic E-state index is 0.771. The number of fused-ring (bicyclic) bond motifs is 3. The van der Waals surface area contributed by atoms with Crippen LogP contribution in [0.5, 0.6) is 0 Å². The molecule has 1 aromatic carbocycles. The number of anilines is 1. The fourth-order valence-corrected chi connectivity index (χ4v) is 1.41. The first-order valence-electron chi connectivity index (χ1n) is 4.11. The normalized spacial score (nSPS) is 13.7. The van der Waals surface area contributed by atoms with Crippen LogP contribution < -0.4 is 5.43 Å². The molecule has 0 amide bonds. The minimum Gasteiger partial charge on any atom is -0.257 e. The van der Waals surface area contributed by atoms with Crippen LogP contribution in [0.3, 0.4) is 0 Å². The third-order valence-electron chi connectivity index (χ3n) is 2.06. The molecule has 0 bridgehead atoms. The molecule has 2 N–H and O–H groups in total. The molecule has 0 aliphatic carbocycles. The van der Waals surface area contributed by atoms with Crippen LogP contribution in [0.15, 0.2) is 28.7 Å². The highest BCUT2D eigenvalue weighted by Gasteiger charge is 2.09. The Morgan fingerprint density at radius 3 is 3.14 bits per heavy atom. The fraction of sp³-hybridized carbons (Fsp3) is 0. The van der Waals surface area contributed by atoms with Gasteiger partial charge in [0.2, 0.25) is 0 Å². The third kappa shape index (κ3) is 0.905. The maximum absolute atomic E-state index is 4.04. The van der Waals surface area contributed by atoms with Gasteiger partial charge in [0, 0.05) is 5.56 Å². The number of nitrogens with one attached hydrogen (secondary N) is 2. The predicted molar refractivity (Wildman–Crippen MR) is 51.4 cm³/mol. The molecule has 6 heteroatoms. The van der Waals surface area contributed by atoms with Gasteiger partial charge in [-0.15, -0.1) is 5.11 Å². The SMILES string of the molecule is C1=Cc2ccc3n[nH]nc3c2NN=N1. The van der Waals surface area contributed by atoms with E-state index in [1.165, 1.54) is 0 Å². The lowest BCUT2D eigenvalue weighted by molar-refractivity contribution is 0.959. The first-order chi connectivity index (χ1) is 6.95. The number of hydrogen-bond donors (Lipinski definition) is 2. The van der Waals surface area contributed by atoms with Gasteiger partial charge in [-0.3, -0.25) is 5.43 Å². The zero-order valence-electron chi connectivity index (χ0n) is 7.10. The van der Waals surface area contributed by atoms with Crippen LogP contribution in [-0.4, -0.2) is 15.4 Å². The lowest BCUT2D eigenvalue weighted by atomic mass is 10.1. The molecule has 0 atom stereocenters. The molecule has 1 aliphatic rings. The van der Waals surface area contributed by atoms with Crippen LogP contribution >= 0.6 is 0 Å². The Labute approximate surface area is 78.7 Å². The first kappa shape index (κ1) is 7.19. The summed E-state index contributed by atoms with van der Waals surface area (Å²) in [7, 11) is 0. The second kappa shape index (κ2) is 2.63. The Hall–Kier alpha value is -2.24. The van der Waals surface area contributed by atoms with E-state index >= 15 is 0 Å². The van der Waals surface area contributed by atoms with Gasteiger partial charge in [-0.05, 0) is 12.1 Å². The van der Waals surface area contributed by atoms with E-state index in [1.54, 1.807) is 6.20 Å². The Bertz CT molecular complexity index is 538. The van der Waals surface area contributed by atoms with E-state index in [4.69, 9.17) is 0 Å². The Balaban J connectivity index is 2.38. The number of nitrogens with zero attached hydrogens (tertiary/aromatic N) is 4. The van der Waals surface area contributed by atoms with Crippen molar-refractivity contribution in [3.8, 4) is 0 Å². The maximum atomic E-state index is 4.04. The molecule has 2 aromatic rings. The number of rotatable bonds is 0. The van der Waals surface area contributed by atoms with Crippen LogP contribution in [0, 0.1) is 0 Å². The molecule has 0 radical (unpaired) electrons. The second-order valence-corrected chi connectivity index (χ2v) is 2.86. The Morgan fingerprint density at radius 1 is 1.14 bits per heavy atom. The molecule has 0 saturated heterocycles. The summed E-state index contributed by atoms with van der Waals surface area (Å²) < 4.78 is 0. The molecule has 6 nitrogen and oxygen atoms in total. The summed E-state index contributed by atoms with van der Waals surface area (Å²) in [6.07, 6.45) is 3.50. The molecular weight excluding hydrogens is 180 g/mol. The van der Waals surface area contributed by atoms with Crippen LogP contribution in [0.1, 0.15) is 5.56 Å². The Morgan fingerprint density at radius 2 is 2.14 bits per heavy atom. The van der Waals surface area contributed by atoms with E-state index in [0.29, 0.717) is 0 Å². The van der Waals surface area contributed by atoms with Crippen molar-refractivity contribution in [1.82, 2.24) is 15.4 Å². The van der Waals surface area contributed by atoms with Crippen molar-refractivity contribution < 1.29 is 0 Å². The summed E-state index contributed by atoms with van der Waals surface area (Å²) in [6.45, 7) is 0. The van der Waals surface area contributed by atoms with Crippen molar-refractivity contribution in [2.75, 3.05) is 5.43 Å². The molecule has 0 fully saturated rings. The van der Waals surface area contributed by atoms with Crippen LogP contribution in [0.4, 0.5) is 5.69 Å². The van der Waals surface area contributed by atoms with Gasteiger partial charge in [0.15, 0.2) is 0 Å². The van der Waals surface area contributed by atoms with E-state index in [2.05, 4.69) is 31.2 Å². The molecule has 14 heavy (non-hydrogen) atoms. The zero-order valence-corrected chi connectivity index (χ0v) is 7.10. The average molecular weight is 186 g/mol. The minimum atomic E-state index is 0.771. The van der Waals surface area contributed by atoms with Crippen LogP contribution in [0.2, 0.25) is 0 Å². The van der Waals surface area contributed by atoms with E-state index in [9.17, 15) is 0 Å². The first-order valence-corrected chi connectivity index (χ1v) is 4.11. The summed E-state index contributed by atoms with van der Waals surface area (Å²) in [5, 5.41) is 18.1. The van der Waals surface area contributed by atoms with Crippen LogP contribution in [-0.2, 0) is 0 Å². The third-order valence-corrected chi connectivity index (χ3v) is 2.06. The van der Waals surface area contributed by atoms with Crippen molar-refractivity contribution in [3.63, 3.8) is 0 Å². The van der Waals surface area contributed by atoms with E-state index in [1.807, 2.05) is 18.2 Å². The molecule has 0 spiro atoms. The van der Waals surface area contributed by atoms with E-state index in [-0.39, 0.29) is 0 Å². The van der Waals surface area contributed by atoms with Crippen molar-refractivity contribution in [1.29, 1.82) is 0 Å². The zero-order chi connectivity index (χ0) is 9.38. The molecule has 0 saturated carbocycles. The molecule has 1 aliphatic heterocycles. The van der Waals surface area contributed by atoms with Crippen molar-refractivity contribution in [3.05, 3.63) is 23.9 Å². The molecule has 68 valence electrons. The summed E-state index contributed by atoms with van der Waals surface area (Å²) >= 11 is 0. The summed E-state index contributed by atoms with van der Waals surface area (Å²) in [5.74, 6) is 0. The van der Waals surface area contributed by atoms with Gasteiger partial charge < -0.3 is 0 Å². The highest BCUT2D eigenvalue weighted by molar-refractivity contribution is 5.92. The quantitative estimate of drug-likeness (QED) is 0.657. The highest BCUT2D eigenvalue weighted by Crippen LogP contribution is 2.26. The van der Waals surface area contributed by atoms with Crippen LogP contribution in [0.25, 0.3) is 17.1 Å². The van der Waals surface area contributed by atoms with E-state index < -0.39 is 0 Å². The number of aromatic amines is 1. The van der Waals surface area contributed by atoms with Crippen molar-refractivity contribution >= 4 is 22.8 Å². The monoisotopic (exact) mass is 186 g/mol. The molecule has 3 rings (SSSR count). The van der Waals surface area contributed by atoms with Crippen molar-refractivity contribution in [2.45, 2.75) is 0 Å². The molecule has 2 heterocycles. The maximum Gasteiger partial charge on any atom is 0.138 e. The van der Waals surface area contributed by atoms with Gasteiger partial charge in [0.1, 0.15) is 11.0 Å². The highest BCUT2D eigenvalue weighted by atomic mass is 15.4. The largest absolute Gasteiger partial charge is 0.257 e. The van der Waals surface area contributed by atoms with E-state index in [0.717, 1.165) is 22.3 Å². The summed E-state index contributed by atoms with van der Waals surface area (Å²) in [5.41, 5.74) is 6.23. The molecular formula is C8H6N6. The Kier molecular flexibility index (Phi) is 1.35. The number of benzene rings is 1. The van der Waals surface area contributed by atoms with Crippen molar-refractivity contribution in [2.24, 2.45) is 10.3 Å². The molecule has 1 aromatic heterocycles. The smallest absolute Gasteiger partial charge is 0.138 e. The van der Waals surface area contributed by atoms with Gasteiger partial charge in [0.25, 0.3) is 0 Å². The second-order valence-electron chi connectivity index (χ2n) is 2.86. The lowest BCUT2D eigenvalue weighted by Gasteiger charge is -2.01.